The highest BCUT2D eigenvalue weighted by atomic mass is 16.5. The van der Waals surface area contributed by atoms with Crippen LogP contribution in [0.5, 0.6) is 0 Å². The highest BCUT2D eigenvalue weighted by Crippen LogP contribution is 2.02. The molecule has 17 heavy (non-hydrogen) atoms. The summed E-state index contributed by atoms with van der Waals surface area (Å²) in [5.74, 6) is -0.327. The molecule has 0 radical (unpaired) electrons. The number of aliphatic hydroxyl groups is 1. The fourth-order valence-electron chi connectivity index (χ4n) is 1.55. The van der Waals surface area contributed by atoms with E-state index in [0.717, 1.165) is 0 Å². The van der Waals surface area contributed by atoms with Gasteiger partial charge in [-0.15, -0.1) is 0 Å². The fourth-order valence-corrected chi connectivity index (χ4v) is 1.55. The van der Waals surface area contributed by atoms with E-state index in [1.165, 1.54) is 7.11 Å². The molecular formula is C12H24N2O3. The number of methoxy groups -OCH3 is 1. The van der Waals surface area contributed by atoms with Crippen LogP contribution in [0.25, 0.3) is 0 Å². The number of esters is 1. The molecule has 0 rings (SSSR count). The molecule has 100 valence electrons. The van der Waals surface area contributed by atoms with Gasteiger partial charge >= 0.3 is 5.97 Å². The standard InChI is InChI=1S/C12H24N2O3/c1-10(11(15)17-5)6-7-13-8-12(2,16)9-14(3)4/h6,13,16H,7-9H2,1-5H3. The smallest absolute Gasteiger partial charge is 0.333 e. The molecule has 0 aromatic rings. The Bertz CT molecular complexity index is 273. The van der Waals surface area contributed by atoms with E-state index in [1.54, 1.807) is 19.9 Å². The number of carbonyl (C=O) groups excluding carboxylic acids is 1. The second-order valence-corrected chi connectivity index (χ2v) is 4.74. The van der Waals surface area contributed by atoms with E-state index in [9.17, 15) is 9.90 Å². The third-order valence-electron chi connectivity index (χ3n) is 2.22. The Balaban J connectivity index is 3.95. The molecule has 0 aromatic carbocycles. The van der Waals surface area contributed by atoms with Crippen molar-refractivity contribution in [3.63, 3.8) is 0 Å². The van der Waals surface area contributed by atoms with Gasteiger partial charge in [0, 0.05) is 25.2 Å². The van der Waals surface area contributed by atoms with Gasteiger partial charge in [-0.05, 0) is 27.9 Å². The maximum atomic E-state index is 11.1. The number of rotatable bonds is 7. The lowest BCUT2D eigenvalue weighted by Crippen LogP contribution is -2.45. The number of hydrogen-bond acceptors (Lipinski definition) is 5. The number of carbonyl (C=O) groups is 1. The molecule has 0 saturated carbocycles. The summed E-state index contributed by atoms with van der Waals surface area (Å²) in [6.45, 7) is 5.06. The Kier molecular flexibility index (Phi) is 7.03. The molecule has 0 heterocycles. The minimum Gasteiger partial charge on any atom is -0.466 e. The van der Waals surface area contributed by atoms with Gasteiger partial charge in [-0.25, -0.2) is 4.79 Å². The van der Waals surface area contributed by atoms with Gasteiger partial charge in [-0.2, -0.15) is 0 Å². The summed E-state index contributed by atoms with van der Waals surface area (Å²) in [6.07, 6.45) is 1.75. The third kappa shape index (κ3) is 7.90. The van der Waals surface area contributed by atoms with Crippen LogP contribution >= 0.6 is 0 Å². The van der Waals surface area contributed by atoms with Crippen molar-refractivity contribution >= 4 is 5.97 Å². The van der Waals surface area contributed by atoms with E-state index >= 15 is 0 Å². The predicted molar refractivity (Wildman–Crippen MR) is 67.8 cm³/mol. The summed E-state index contributed by atoms with van der Waals surface area (Å²) in [6, 6.07) is 0. The van der Waals surface area contributed by atoms with Crippen molar-refractivity contribution in [2.75, 3.05) is 40.8 Å². The number of ether oxygens (including phenoxy) is 1. The van der Waals surface area contributed by atoms with Crippen molar-refractivity contribution in [1.82, 2.24) is 10.2 Å². The first-order chi connectivity index (χ1) is 7.78. The average molecular weight is 244 g/mol. The zero-order chi connectivity index (χ0) is 13.5. The predicted octanol–water partition coefficient (Wildman–Crippen LogP) is 0.00790. The summed E-state index contributed by atoms with van der Waals surface area (Å²) in [4.78, 5) is 13.0. The number of hydrogen-bond donors (Lipinski definition) is 2. The zero-order valence-corrected chi connectivity index (χ0v) is 11.4. The van der Waals surface area contributed by atoms with E-state index in [4.69, 9.17) is 0 Å². The molecule has 0 aliphatic carbocycles. The Morgan fingerprint density at radius 2 is 2.12 bits per heavy atom. The van der Waals surface area contributed by atoms with E-state index < -0.39 is 5.60 Å². The quantitative estimate of drug-likeness (QED) is 0.375. The summed E-state index contributed by atoms with van der Waals surface area (Å²) >= 11 is 0. The normalized spacial score (nSPS) is 15.8. The van der Waals surface area contributed by atoms with Gasteiger partial charge in [0.05, 0.1) is 12.7 Å². The van der Waals surface area contributed by atoms with E-state index in [2.05, 4.69) is 10.1 Å². The molecule has 0 bridgehead atoms. The Hall–Kier alpha value is -0.910. The first-order valence-corrected chi connectivity index (χ1v) is 5.61. The van der Waals surface area contributed by atoms with Crippen molar-refractivity contribution in [3.05, 3.63) is 11.6 Å². The Morgan fingerprint density at radius 1 is 1.53 bits per heavy atom. The molecule has 2 N–H and O–H groups in total. The first-order valence-electron chi connectivity index (χ1n) is 5.61. The molecule has 1 atom stereocenters. The van der Waals surface area contributed by atoms with E-state index in [-0.39, 0.29) is 5.97 Å². The summed E-state index contributed by atoms with van der Waals surface area (Å²) in [5.41, 5.74) is -0.219. The lowest BCUT2D eigenvalue weighted by atomic mass is 10.1. The van der Waals surface area contributed by atoms with Gasteiger partial charge in [0.25, 0.3) is 0 Å². The van der Waals surface area contributed by atoms with Crippen LogP contribution < -0.4 is 5.32 Å². The van der Waals surface area contributed by atoms with Gasteiger partial charge in [-0.1, -0.05) is 6.08 Å². The molecule has 0 aliphatic heterocycles. The molecule has 0 saturated heterocycles. The van der Waals surface area contributed by atoms with E-state index in [1.807, 2.05) is 19.0 Å². The molecule has 0 aliphatic rings. The Morgan fingerprint density at radius 3 is 2.59 bits per heavy atom. The maximum Gasteiger partial charge on any atom is 0.333 e. The van der Waals surface area contributed by atoms with Crippen molar-refractivity contribution < 1.29 is 14.6 Å². The number of likely N-dealkylation sites (N-methyl/N-ethyl adjacent to an activating group) is 1. The number of nitrogens with one attached hydrogen (secondary N) is 1. The molecule has 0 amide bonds. The van der Waals surface area contributed by atoms with Crippen molar-refractivity contribution in [1.29, 1.82) is 0 Å². The summed E-state index contributed by atoms with van der Waals surface area (Å²) in [7, 11) is 5.18. The van der Waals surface area contributed by atoms with Crippen LogP contribution in [0.15, 0.2) is 11.6 Å². The molecular weight excluding hydrogens is 220 g/mol. The maximum absolute atomic E-state index is 11.1. The molecule has 0 aromatic heterocycles. The van der Waals surface area contributed by atoms with Gasteiger partial charge in [-0.3, -0.25) is 0 Å². The first kappa shape index (κ1) is 16.1. The fraction of sp³-hybridized carbons (Fsp3) is 0.750. The van der Waals surface area contributed by atoms with Crippen LogP contribution in [-0.2, 0) is 9.53 Å². The molecule has 1 unspecified atom stereocenters. The van der Waals surface area contributed by atoms with Crippen LogP contribution in [0.2, 0.25) is 0 Å². The summed E-state index contributed by atoms with van der Waals surface area (Å²) in [5, 5.41) is 13.1. The van der Waals surface area contributed by atoms with Gasteiger partial charge < -0.3 is 20.1 Å². The van der Waals surface area contributed by atoms with Crippen LogP contribution in [0.1, 0.15) is 13.8 Å². The van der Waals surface area contributed by atoms with Gasteiger partial charge in [0.1, 0.15) is 0 Å². The van der Waals surface area contributed by atoms with Gasteiger partial charge in [0.15, 0.2) is 0 Å². The minimum atomic E-state index is -0.781. The highest BCUT2D eigenvalue weighted by Gasteiger charge is 2.20. The van der Waals surface area contributed by atoms with Crippen LogP contribution in [-0.4, -0.2) is 62.4 Å². The van der Waals surface area contributed by atoms with Gasteiger partial charge in [0.2, 0.25) is 0 Å². The van der Waals surface area contributed by atoms with E-state index in [0.29, 0.717) is 25.2 Å². The highest BCUT2D eigenvalue weighted by molar-refractivity contribution is 5.87. The van der Waals surface area contributed by atoms with Crippen LogP contribution in [0, 0.1) is 0 Å². The molecule has 5 heteroatoms. The second kappa shape index (κ2) is 7.42. The molecule has 0 fully saturated rings. The average Bonchev–Trinajstić information content (AvgIpc) is 2.21. The van der Waals surface area contributed by atoms with Crippen LogP contribution in [0.4, 0.5) is 0 Å². The lowest BCUT2D eigenvalue weighted by Gasteiger charge is -2.27. The van der Waals surface area contributed by atoms with Crippen LogP contribution in [0.3, 0.4) is 0 Å². The van der Waals surface area contributed by atoms with Crippen molar-refractivity contribution in [3.8, 4) is 0 Å². The molecule has 5 nitrogen and oxygen atoms in total. The SMILES string of the molecule is COC(=O)C(C)=CCNCC(C)(O)CN(C)C. The topological polar surface area (TPSA) is 61.8 Å². The van der Waals surface area contributed by atoms with Crippen molar-refractivity contribution in [2.45, 2.75) is 19.4 Å². The number of nitrogens with zero attached hydrogens (tertiary/aromatic N) is 1. The third-order valence-corrected chi connectivity index (χ3v) is 2.22. The largest absolute Gasteiger partial charge is 0.466 e. The zero-order valence-electron chi connectivity index (χ0n) is 11.4. The Labute approximate surface area is 103 Å². The van der Waals surface area contributed by atoms with Crippen molar-refractivity contribution in [2.24, 2.45) is 0 Å². The summed E-state index contributed by atoms with van der Waals surface area (Å²) < 4.78 is 4.57. The lowest BCUT2D eigenvalue weighted by molar-refractivity contribution is -0.136. The monoisotopic (exact) mass is 244 g/mol. The second-order valence-electron chi connectivity index (χ2n) is 4.74. The molecule has 0 spiro atoms. The minimum absolute atomic E-state index is 0.327.